The zero-order valence-corrected chi connectivity index (χ0v) is 30.5. The Bertz CT molecular complexity index is 1540. The van der Waals surface area contributed by atoms with E-state index in [1.54, 1.807) is 0 Å². The molecule has 1 saturated heterocycles. The smallest absolute Gasteiger partial charge is 0.407 e. The first-order chi connectivity index (χ1) is 23.7. The number of fused-ring (bicyclic) bond motifs is 3. The van der Waals surface area contributed by atoms with E-state index in [9.17, 15) is 27.6 Å². The number of benzene rings is 1. The summed E-state index contributed by atoms with van der Waals surface area (Å²) in [7, 11) is -3.85. The van der Waals surface area contributed by atoms with Crippen LogP contribution in [0.25, 0.3) is 0 Å². The van der Waals surface area contributed by atoms with Crippen molar-refractivity contribution in [1.29, 1.82) is 0 Å². The summed E-state index contributed by atoms with van der Waals surface area (Å²) in [5, 5.41) is 4.96. The Balaban J connectivity index is 1.36. The third kappa shape index (κ3) is 9.25. The molecule has 3 N–H and O–H groups in total. The number of hydrogen-bond acceptors (Lipinski definition) is 8. The summed E-state index contributed by atoms with van der Waals surface area (Å²) in [5.41, 5.74) is 0.404. The van der Waals surface area contributed by atoms with Gasteiger partial charge in [0.05, 0.1) is 18.0 Å². The Hall–Kier alpha value is -3.45. The predicted octanol–water partition coefficient (Wildman–Crippen LogP) is 3.92. The Kier molecular flexibility index (Phi) is 12.0. The summed E-state index contributed by atoms with van der Waals surface area (Å²) in [4.78, 5) is 56.1. The van der Waals surface area contributed by atoms with Gasteiger partial charge in [-0.1, -0.05) is 70.4 Å². The first-order valence-electron chi connectivity index (χ1n) is 18.2. The molecule has 2 heterocycles. The van der Waals surface area contributed by atoms with Crippen LogP contribution in [-0.4, -0.2) is 85.9 Å². The zero-order chi connectivity index (χ0) is 36.1. The molecule has 0 unspecified atom stereocenters. The molecule has 3 fully saturated rings. The summed E-state index contributed by atoms with van der Waals surface area (Å²) in [5.74, 6) is -2.33. The molecule has 0 spiro atoms. The van der Waals surface area contributed by atoms with E-state index < -0.39 is 74.1 Å². The Morgan fingerprint density at radius 3 is 2.30 bits per heavy atom. The minimum Gasteiger partial charge on any atom is -0.450 e. The lowest BCUT2D eigenvalue weighted by Gasteiger charge is -2.35. The van der Waals surface area contributed by atoms with E-state index >= 15 is 0 Å². The van der Waals surface area contributed by atoms with E-state index in [1.807, 2.05) is 20.8 Å². The van der Waals surface area contributed by atoms with Crippen molar-refractivity contribution >= 4 is 33.8 Å². The standard InChI is InChI=1S/C37H54N4O8S/c1-5-27-23-37(27,34(44)40-50(46,47)29-18-19-29)39-32(42)30-22-28-24-41(30)33(43)31(36(2,3)4)38-35(45)49-20-12-8-6-7-9-14-25-15-10-11-16-26(25)17-13-21-48-28/h5,10-11,15-16,27-31H,1,6-9,12-14,17-24H2,2-4H3,(H,38,45)(H,39,42)(H,40,44)/t27-,28+,30-,31+,37-/m0/s1. The molecule has 2 aliphatic heterocycles. The summed E-state index contributed by atoms with van der Waals surface area (Å²) in [6, 6.07) is 6.42. The number of sulfonamides is 1. The molecular formula is C37H54N4O8S. The number of alkyl carbamates (subject to hydrolysis) is 1. The highest BCUT2D eigenvalue weighted by atomic mass is 32.2. The van der Waals surface area contributed by atoms with Crippen molar-refractivity contribution in [1.82, 2.24) is 20.3 Å². The summed E-state index contributed by atoms with van der Waals surface area (Å²) in [6.07, 6.45) is 9.14. The summed E-state index contributed by atoms with van der Waals surface area (Å²) < 4.78 is 39.2. The maximum absolute atomic E-state index is 14.3. The largest absolute Gasteiger partial charge is 0.450 e. The molecule has 1 aromatic carbocycles. The number of hydrogen-bond donors (Lipinski definition) is 3. The molecule has 50 heavy (non-hydrogen) atoms. The fourth-order valence-corrected chi connectivity index (χ4v) is 8.44. The molecule has 4 amide bonds. The van der Waals surface area contributed by atoms with Crippen LogP contribution < -0.4 is 15.4 Å². The van der Waals surface area contributed by atoms with Crippen LogP contribution in [0.4, 0.5) is 4.79 Å². The van der Waals surface area contributed by atoms with Crippen molar-refractivity contribution in [3.63, 3.8) is 0 Å². The lowest BCUT2D eigenvalue weighted by Crippen LogP contribution is -2.60. The number of rotatable bonds is 6. The van der Waals surface area contributed by atoms with E-state index in [2.05, 4.69) is 46.2 Å². The normalized spacial score (nSPS) is 29.0. The lowest BCUT2D eigenvalue weighted by molar-refractivity contribution is -0.143. The van der Waals surface area contributed by atoms with E-state index in [-0.39, 0.29) is 26.0 Å². The molecule has 5 atom stereocenters. The molecule has 2 saturated carbocycles. The highest BCUT2D eigenvalue weighted by Crippen LogP contribution is 2.45. The second kappa shape index (κ2) is 15.8. The first kappa shape index (κ1) is 37.8. The van der Waals surface area contributed by atoms with Gasteiger partial charge in [-0.15, -0.1) is 6.58 Å². The van der Waals surface area contributed by atoms with Crippen molar-refractivity contribution < 1.29 is 37.1 Å². The second-order valence-corrected chi connectivity index (χ2v) is 17.3. The van der Waals surface area contributed by atoms with Crippen molar-refractivity contribution in [3.8, 4) is 0 Å². The van der Waals surface area contributed by atoms with E-state index in [4.69, 9.17) is 9.47 Å². The van der Waals surface area contributed by atoms with Gasteiger partial charge in [-0.2, -0.15) is 0 Å². The number of cyclic esters (lactones) is 1. The summed E-state index contributed by atoms with van der Waals surface area (Å²) in [6.45, 7) is 10.0. The van der Waals surface area contributed by atoms with Crippen molar-refractivity contribution in [2.75, 3.05) is 19.8 Å². The number of carbonyl (C=O) groups excluding carboxylic acids is 4. The van der Waals surface area contributed by atoms with Gasteiger partial charge in [-0.25, -0.2) is 13.2 Å². The Labute approximate surface area is 296 Å². The van der Waals surface area contributed by atoms with Crippen LogP contribution in [0.15, 0.2) is 36.9 Å². The summed E-state index contributed by atoms with van der Waals surface area (Å²) >= 11 is 0. The molecule has 0 aromatic heterocycles. The minimum absolute atomic E-state index is 0.108. The van der Waals surface area contributed by atoms with E-state index in [0.29, 0.717) is 25.9 Å². The minimum atomic E-state index is -3.85. The maximum Gasteiger partial charge on any atom is 0.407 e. The Morgan fingerprint density at radius 2 is 1.66 bits per heavy atom. The third-order valence-electron chi connectivity index (χ3n) is 10.4. The fourth-order valence-electron chi connectivity index (χ4n) is 7.07. The van der Waals surface area contributed by atoms with Gasteiger partial charge in [0, 0.05) is 25.5 Å². The number of nitrogens with zero attached hydrogens (tertiary/aromatic N) is 1. The van der Waals surface area contributed by atoms with Crippen LogP contribution in [-0.2, 0) is 46.7 Å². The number of aryl methyl sites for hydroxylation is 2. The Morgan fingerprint density at radius 1 is 1.00 bits per heavy atom. The average molecular weight is 715 g/mol. The van der Waals surface area contributed by atoms with Crippen LogP contribution in [0.1, 0.15) is 96.1 Å². The molecule has 4 aliphatic rings. The highest BCUT2D eigenvalue weighted by molar-refractivity contribution is 7.91. The highest BCUT2D eigenvalue weighted by Gasteiger charge is 2.62. The first-order valence-corrected chi connectivity index (χ1v) is 19.7. The molecule has 2 aliphatic carbocycles. The monoisotopic (exact) mass is 714 g/mol. The van der Waals surface area contributed by atoms with Gasteiger partial charge in [0.25, 0.3) is 5.91 Å². The van der Waals surface area contributed by atoms with Gasteiger partial charge in [-0.05, 0) is 67.9 Å². The fraction of sp³-hybridized carbons (Fsp3) is 0.676. The number of amides is 4. The number of carbonyl (C=O) groups is 4. The lowest BCUT2D eigenvalue weighted by atomic mass is 9.85. The molecule has 5 rings (SSSR count). The molecule has 1 aromatic rings. The van der Waals surface area contributed by atoms with Gasteiger partial charge in [0.1, 0.15) is 17.6 Å². The molecule has 276 valence electrons. The quantitative estimate of drug-likeness (QED) is 0.374. The maximum atomic E-state index is 14.3. The molecule has 13 heteroatoms. The number of nitrogens with one attached hydrogen (secondary N) is 3. The molecule has 12 nitrogen and oxygen atoms in total. The molecule has 2 bridgehead atoms. The van der Waals surface area contributed by atoms with E-state index in [0.717, 1.165) is 44.9 Å². The topological polar surface area (TPSA) is 160 Å². The van der Waals surface area contributed by atoms with Crippen molar-refractivity contribution in [2.45, 2.75) is 127 Å². The molecular weight excluding hydrogens is 660 g/mol. The van der Waals surface area contributed by atoms with Gasteiger partial charge >= 0.3 is 6.09 Å². The van der Waals surface area contributed by atoms with Gasteiger partial charge in [-0.3, -0.25) is 19.1 Å². The third-order valence-corrected chi connectivity index (χ3v) is 12.2. The zero-order valence-electron chi connectivity index (χ0n) is 29.7. The van der Waals surface area contributed by atoms with Crippen LogP contribution >= 0.6 is 0 Å². The van der Waals surface area contributed by atoms with Crippen LogP contribution in [0.3, 0.4) is 0 Å². The molecule has 0 radical (unpaired) electrons. The SMILES string of the molecule is C=C[C@H]1C[C@@]1(NC(=O)[C@@H]1C[C@@H]2CN1C(=O)[C@H](C(C)(C)C)NC(=O)OCCCCCCCc1ccccc1CCCO2)C(=O)NS(=O)(=O)C1CC1. The van der Waals surface area contributed by atoms with Gasteiger partial charge < -0.3 is 25.0 Å². The second-order valence-electron chi connectivity index (χ2n) is 15.4. The van der Waals surface area contributed by atoms with E-state index in [1.165, 1.54) is 22.1 Å². The van der Waals surface area contributed by atoms with Crippen LogP contribution in [0.2, 0.25) is 0 Å². The van der Waals surface area contributed by atoms with Crippen molar-refractivity contribution in [2.24, 2.45) is 11.3 Å². The number of ether oxygens (including phenoxy) is 2. The van der Waals surface area contributed by atoms with Crippen LogP contribution in [0.5, 0.6) is 0 Å². The average Bonchev–Trinajstić information content (AvgIpc) is 3.99. The van der Waals surface area contributed by atoms with Gasteiger partial charge in [0.15, 0.2) is 0 Å². The van der Waals surface area contributed by atoms with Crippen LogP contribution in [0, 0.1) is 11.3 Å². The predicted molar refractivity (Wildman–Crippen MR) is 188 cm³/mol. The van der Waals surface area contributed by atoms with Gasteiger partial charge in [0.2, 0.25) is 21.8 Å². The van der Waals surface area contributed by atoms with Crippen molar-refractivity contribution in [3.05, 3.63) is 48.0 Å².